The van der Waals surface area contributed by atoms with Gasteiger partial charge < -0.3 is 10.1 Å². The van der Waals surface area contributed by atoms with Gasteiger partial charge in [-0.25, -0.2) is 4.98 Å². The highest BCUT2D eigenvalue weighted by Crippen LogP contribution is 2.28. The summed E-state index contributed by atoms with van der Waals surface area (Å²) >= 11 is 0. The first-order valence-corrected chi connectivity index (χ1v) is 6.00. The van der Waals surface area contributed by atoms with E-state index in [0.29, 0.717) is 12.3 Å². The summed E-state index contributed by atoms with van der Waals surface area (Å²) in [7, 11) is 1.57. The van der Waals surface area contributed by atoms with Gasteiger partial charge >= 0.3 is 0 Å². The van der Waals surface area contributed by atoms with E-state index in [2.05, 4.69) is 20.5 Å². The quantitative estimate of drug-likeness (QED) is 0.711. The summed E-state index contributed by atoms with van der Waals surface area (Å²) in [5.74, 6) is 0.553. The van der Waals surface area contributed by atoms with Crippen molar-refractivity contribution in [1.82, 2.24) is 15.2 Å². The van der Waals surface area contributed by atoms with Crippen LogP contribution in [0.3, 0.4) is 0 Å². The molecule has 6 nitrogen and oxygen atoms in total. The minimum Gasteiger partial charge on any atom is -0.481 e. The molecule has 2 heterocycles. The number of benzene rings is 1. The molecule has 20 heavy (non-hydrogen) atoms. The van der Waals surface area contributed by atoms with Crippen LogP contribution in [0.15, 0.2) is 36.5 Å². The Morgan fingerprint density at radius 2 is 2.20 bits per heavy atom. The zero-order chi connectivity index (χ0) is 13.9. The molecule has 0 saturated heterocycles. The fraction of sp³-hybridized carbons (Fsp3) is 0.0714. The number of nitrogens with zero attached hydrogens (tertiary/aromatic N) is 2. The van der Waals surface area contributed by atoms with Crippen LogP contribution < -0.4 is 10.1 Å². The zero-order valence-electron chi connectivity index (χ0n) is 10.8. The molecule has 6 heteroatoms. The molecule has 0 fully saturated rings. The Kier molecular flexibility index (Phi) is 3.04. The molecule has 100 valence electrons. The third kappa shape index (κ3) is 2.07. The highest BCUT2D eigenvalue weighted by Gasteiger charge is 2.09. The third-order valence-corrected chi connectivity index (χ3v) is 3.01. The van der Waals surface area contributed by atoms with E-state index in [1.807, 2.05) is 24.3 Å². The maximum absolute atomic E-state index is 10.5. The predicted octanol–water partition coefficient (Wildman–Crippen LogP) is 2.20. The van der Waals surface area contributed by atoms with Gasteiger partial charge in [0.1, 0.15) is 5.69 Å². The number of carbonyl (C=O) groups is 1. The lowest BCUT2D eigenvalue weighted by Gasteiger charge is -2.02. The lowest BCUT2D eigenvalue weighted by atomic mass is 10.1. The summed E-state index contributed by atoms with van der Waals surface area (Å²) in [5, 5.41) is 10.8. The molecule has 0 aliphatic rings. The Balaban J connectivity index is 2.09. The third-order valence-electron chi connectivity index (χ3n) is 3.01. The van der Waals surface area contributed by atoms with Crippen molar-refractivity contribution in [2.75, 3.05) is 12.4 Å². The van der Waals surface area contributed by atoms with Gasteiger partial charge in [-0.15, -0.1) is 0 Å². The number of anilines is 1. The average molecular weight is 268 g/mol. The molecule has 0 bridgehead atoms. The van der Waals surface area contributed by atoms with E-state index < -0.39 is 0 Å². The smallest absolute Gasteiger partial charge is 0.212 e. The molecule has 2 aromatic heterocycles. The molecule has 1 amide bonds. The van der Waals surface area contributed by atoms with Gasteiger partial charge in [-0.05, 0) is 24.3 Å². The SMILES string of the molecule is COc1ccc(-c2n[nH]c3ccc(NC=O)cc23)cn1. The number of aromatic nitrogens is 3. The van der Waals surface area contributed by atoms with Gasteiger partial charge in [0.15, 0.2) is 0 Å². The summed E-state index contributed by atoms with van der Waals surface area (Å²) in [6.45, 7) is 0. The Morgan fingerprint density at radius 1 is 1.30 bits per heavy atom. The summed E-state index contributed by atoms with van der Waals surface area (Å²) in [4.78, 5) is 14.7. The van der Waals surface area contributed by atoms with Gasteiger partial charge in [-0.3, -0.25) is 9.89 Å². The number of rotatable bonds is 4. The van der Waals surface area contributed by atoms with Gasteiger partial charge in [0.05, 0.1) is 12.6 Å². The van der Waals surface area contributed by atoms with E-state index in [4.69, 9.17) is 4.74 Å². The largest absolute Gasteiger partial charge is 0.481 e. The predicted molar refractivity (Wildman–Crippen MR) is 75.6 cm³/mol. The number of carbonyl (C=O) groups excluding carboxylic acids is 1. The van der Waals surface area contributed by atoms with Crippen LogP contribution in [-0.2, 0) is 4.79 Å². The molecular weight excluding hydrogens is 256 g/mol. The van der Waals surface area contributed by atoms with E-state index >= 15 is 0 Å². The second-order valence-electron chi connectivity index (χ2n) is 4.18. The molecule has 1 aromatic carbocycles. The second kappa shape index (κ2) is 5.00. The lowest BCUT2D eigenvalue weighted by Crippen LogP contribution is -1.92. The highest BCUT2D eigenvalue weighted by atomic mass is 16.5. The molecular formula is C14H12N4O2. The van der Waals surface area contributed by atoms with Crippen molar-refractivity contribution in [3.63, 3.8) is 0 Å². The fourth-order valence-electron chi connectivity index (χ4n) is 2.03. The van der Waals surface area contributed by atoms with Crippen LogP contribution in [0.25, 0.3) is 22.2 Å². The Bertz CT molecular complexity index is 749. The van der Waals surface area contributed by atoms with Gasteiger partial charge in [0.2, 0.25) is 12.3 Å². The number of nitrogens with one attached hydrogen (secondary N) is 2. The number of methoxy groups -OCH3 is 1. The number of amides is 1. The van der Waals surface area contributed by atoms with E-state index in [9.17, 15) is 4.79 Å². The van der Waals surface area contributed by atoms with Crippen molar-refractivity contribution >= 4 is 23.0 Å². The normalized spacial score (nSPS) is 10.4. The minimum atomic E-state index is 0.553. The number of ether oxygens (including phenoxy) is 1. The number of aromatic amines is 1. The molecule has 2 N–H and O–H groups in total. The first-order valence-electron chi connectivity index (χ1n) is 6.00. The van der Waals surface area contributed by atoms with Crippen molar-refractivity contribution in [2.45, 2.75) is 0 Å². The summed E-state index contributed by atoms with van der Waals surface area (Å²) in [5.41, 5.74) is 3.27. The number of hydrogen-bond acceptors (Lipinski definition) is 4. The van der Waals surface area contributed by atoms with Crippen molar-refractivity contribution in [3.05, 3.63) is 36.5 Å². The monoisotopic (exact) mass is 268 g/mol. The summed E-state index contributed by atoms with van der Waals surface area (Å²) < 4.78 is 5.04. The zero-order valence-corrected chi connectivity index (χ0v) is 10.8. The van der Waals surface area contributed by atoms with Gasteiger partial charge in [-0.2, -0.15) is 5.10 Å². The van der Waals surface area contributed by atoms with E-state index in [1.165, 1.54) is 0 Å². The van der Waals surface area contributed by atoms with Gasteiger partial charge in [0, 0.05) is 28.9 Å². The van der Waals surface area contributed by atoms with Crippen LogP contribution in [0.1, 0.15) is 0 Å². The topological polar surface area (TPSA) is 79.9 Å². The van der Waals surface area contributed by atoms with Gasteiger partial charge in [0.25, 0.3) is 0 Å². The molecule has 0 atom stereocenters. The van der Waals surface area contributed by atoms with E-state index in [0.717, 1.165) is 27.8 Å². The molecule has 0 aliphatic heterocycles. The maximum Gasteiger partial charge on any atom is 0.212 e. The summed E-state index contributed by atoms with van der Waals surface area (Å²) in [6, 6.07) is 9.22. The van der Waals surface area contributed by atoms with Crippen molar-refractivity contribution in [1.29, 1.82) is 0 Å². The molecule has 0 radical (unpaired) electrons. The lowest BCUT2D eigenvalue weighted by molar-refractivity contribution is -0.105. The first kappa shape index (κ1) is 12.2. The van der Waals surface area contributed by atoms with Crippen molar-refractivity contribution in [3.8, 4) is 17.1 Å². The Morgan fingerprint density at radius 3 is 2.90 bits per heavy atom. The Hall–Kier alpha value is -2.89. The maximum atomic E-state index is 10.5. The molecule has 0 spiro atoms. The Labute approximate surface area is 114 Å². The molecule has 0 unspecified atom stereocenters. The van der Waals surface area contributed by atoms with Crippen LogP contribution in [-0.4, -0.2) is 28.7 Å². The van der Waals surface area contributed by atoms with Crippen molar-refractivity contribution in [2.24, 2.45) is 0 Å². The average Bonchev–Trinajstić information content (AvgIpc) is 2.91. The van der Waals surface area contributed by atoms with Crippen molar-refractivity contribution < 1.29 is 9.53 Å². The van der Waals surface area contributed by atoms with Crippen LogP contribution in [0.4, 0.5) is 5.69 Å². The fourth-order valence-corrected chi connectivity index (χ4v) is 2.03. The molecule has 3 rings (SSSR count). The minimum absolute atomic E-state index is 0.553. The van der Waals surface area contributed by atoms with Crippen LogP contribution in [0.5, 0.6) is 5.88 Å². The number of fused-ring (bicyclic) bond motifs is 1. The summed E-state index contributed by atoms with van der Waals surface area (Å²) in [6.07, 6.45) is 2.35. The highest BCUT2D eigenvalue weighted by molar-refractivity contribution is 5.95. The van der Waals surface area contributed by atoms with Crippen LogP contribution in [0.2, 0.25) is 0 Å². The second-order valence-corrected chi connectivity index (χ2v) is 4.18. The van der Waals surface area contributed by atoms with Crippen LogP contribution >= 0.6 is 0 Å². The molecule has 0 saturated carbocycles. The standard InChI is InChI=1S/C14H12N4O2/c1-20-13-5-2-9(7-15-13)14-11-6-10(16-8-19)3-4-12(11)17-18-14/h2-8H,1H3,(H,16,19)(H,17,18). The molecule has 3 aromatic rings. The van der Waals surface area contributed by atoms with Gasteiger partial charge in [-0.1, -0.05) is 0 Å². The first-order chi connectivity index (χ1) is 9.81. The molecule has 0 aliphatic carbocycles. The van der Waals surface area contributed by atoms with Crippen LogP contribution in [0, 0.1) is 0 Å². The van der Waals surface area contributed by atoms with E-state index in [1.54, 1.807) is 19.4 Å². The van der Waals surface area contributed by atoms with E-state index in [-0.39, 0.29) is 0 Å². The number of pyridine rings is 1. The number of hydrogen-bond donors (Lipinski definition) is 2. The number of H-pyrrole nitrogens is 1.